The van der Waals surface area contributed by atoms with Crippen LogP contribution < -0.4 is 9.64 Å². The summed E-state index contributed by atoms with van der Waals surface area (Å²) in [4.78, 5) is 28.7. The largest absolute Gasteiger partial charge is 0.497 e. The quantitative estimate of drug-likeness (QED) is 0.484. The SMILES string of the molecule is COc1ccc(C2=C(SCc3ccccc3)C(=O)N(c3ccc(C)c(C)c3)C2=O)cc1. The Morgan fingerprint density at radius 2 is 1.55 bits per heavy atom. The van der Waals surface area contributed by atoms with E-state index in [0.29, 0.717) is 33.2 Å². The Morgan fingerprint density at radius 3 is 2.19 bits per heavy atom. The van der Waals surface area contributed by atoms with Gasteiger partial charge in [0, 0.05) is 5.75 Å². The normalized spacial score (nSPS) is 13.8. The monoisotopic (exact) mass is 429 g/mol. The van der Waals surface area contributed by atoms with E-state index in [1.807, 2.05) is 74.5 Å². The molecule has 0 saturated carbocycles. The highest BCUT2D eigenvalue weighted by Gasteiger charge is 2.40. The van der Waals surface area contributed by atoms with Crippen molar-refractivity contribution in [3.05, 3.63) is 100.0 Å². The van der Waals surface area contributed by atoms with Crippen molar-refractivity contribution in [2.75, 3.05) is 12.0 Å². The van der Waals surface area contributed by atoms with Crippen LogP contribution in [0.5, 0.6) is 5.75 Å². The second-order valence-electron chi connectivity index (χ2n) is 7.42. The first-order valence-electron chi connectivity index (χ1n) is 10.0. The first-order chi connectivity index (χ1) is 15.0. The van der Waals surface area contributed by atoms with Gasteiger partial charge in [-0.3, -0.25) is 9.59 Å². The van der Waals surface area contributed by atoms with Crippen LogP contribution in [0.1, 0.15) is 22.3 Å². The van der Waals surface area contributed by atoms with Crippen molar-refractivity contribution in [2.24, 2.45) is 0 Å². The lowest BCUT2D eigenvalue weighted by Gasteiger charge is -2.16. The molecular formula is C26H23NO3S. The summed E-state index contributed by atoms with van der Waals surface area (Å²) < 4.78 is 5.24. The van der Waals surface area contributed by atoms with Gasteiger partial charge in [0.1, 0.15) is 5.75 Å². The van der Waals surface area contributed by atoms with Crippen LogP contribution in [0.3, 0.4) is 0 Å². The average Bonchev–Trinajstić information content (AvgIpc) is 3.04. The summed E-state index contributed by atoms with van der Waals surface area (Å²) in [5, 5.41) is 0. The number of thioether (sulfide) groups is 1. The maximum Gasteiger partial charge on any atom is 0.272 e. The minimum absolute atomic E-state index is 0.278. The summed E-state index contributed by atoms with van der Waals surface area (Å²) in [6, 6.07) is 22.8. The van der Waals surface area contributed by atoms with E-state index in [1.165, 1.54) is 16.7 Å². The number of anilines is 1. The minimum Gasteiger partial charge on any atom is -0.497 e. The third-order valence-electron chi connectivity index (χ3n) is 5.39. The molecule has 2 amide bonds. The molecule has 0 aromatic heterocycles. The number of imide groups is 1. The van der Waals surface area contributed by atoms with E-state index in [4.69, 9.17) is 4.74 Å². The molecule has 0 spiro atoms. The van der Waals surface area contributed by atoms with Gasteiger partial charge in [0.05, 0.1) is 23.3 Å². The summed E-state index contributed by atoms with van der Waals surface area (Å²) in [7, 11) is 1.60. The fraction of sp³-hybridized carbons (Fsp3) is 0.154. The van der Waals surface area contributed by atoms with Gasteiger partial charge in [-0.15, -0.1) is 11.8 Å². The van der Waals surface area contributed by atoms with Crippen molar-refractivity contribution in [1.82, 2.24) is 0 Å². The van der Waals surface area contributed by atoms with Crippen molar-refractivity contribution < 1.29 is 14.3 Å². The Balaban J connectivity index is 1.75. The smallest absolute Gasteiger partial charge is 0.272 e. The van der Waals surface area contributed by atoms with Crippen LogP contribution in [-0.4, -0.2) is 18.9 Å². The van der Waals surface area contributed by atoms with Crippen LogP contribution in [-0.2, 0) is 15.3 Å². The van der Waals surface area contributed by atoms with Crippen LogP contribution in [0.25, 0.3) is 5.57 Å². The van der Waals surface area contributed by atoms with Gasteiger partial charge in [-0.1, -0.05) is 48.5 Å². The highest BCUT2D eigenvalue weighted by molar-refractivity contribution is 8.03. The fourth-order valence-electron chi connectivity index (χ4n) is 3.48. The molecule has 0 N–H and O–H groups in total. The van der Waals surface area contributed by atoms with E-state index in [9.17, 15) is 9.59 Å². The molecule has 5 heteroatoms. The van der Waals surface area contributed by atoms with Crippen molar-refractivity contribution >= 4 is 34.8 Å². The van der Waals surface area contributed by atoms with Crippen LogP contribution >= 0.6 is 11.8 Å². The molecular weight excluding hydrogens is 406 g/mol. The molecule has 1 aliphatic rings. The number of carbonyl (C=O) groups excluding carboxylic acids is 2. The topological polar surface area (TPSA) is 46.6 Å². The number of nitrogens with zero attached hydrogens (tertiary/aromatic N) is 1. The predicted octanol–water partition coefficient (Wildman–Crippen LogP) is 5.53. The Bertz CT molecular complexity index is 1170. The number of amides is 2. The van der Waals surface area contributed by atoms with E-state index in [2.05, 4.69) is 0 Å². The van der Waals surface area contributed by atoms with Crippen LogP contribution in [0.4, 0.5) is 5.69 Å². The first kappa shape index (κ1) is 20.9. The molecule has 31 heavy (non-hydrogen) atoms. The molecule has 0 aliphatic carbocycles. The number of hydrogen-bond acceptors (Lipinski definition) is 4. The van der Waals surface area contributed by atoms with E-state index in [1.54, 1.807) is 19.2 Å². The molecule has 1 aliphatic heterocycles. The number of methoxy groups -OCH3 is 1. The Morgan fingerprint density at radius 1 is 0.839 bits per heavy atom. The van der Waals surface area contributed by atoms with Crippen LogP contribution in [0.15, 0.2) is 77.7 Å². The molecule has 1 heterocycles. The van der Waals surface area contributed by atoms with Gasteiger partial charge in [0.25, 0.3) is 11.8 Å². The number of aryl methyl sites for hydroxylation is 2. The molecule has 0 saturated heterocycles. The van der Waals surface area contributed by atoms with Gasteiger partial charge in [-0.25, -0.2) is 4.90 Å². The molecule has 3 aromatic carbocycles. The van der Waals surface area contributed by atoms with Gasteiger partial charge in [0.15, 0.2) is 0 Å². The summed E-state index contributed by atoms with van der Waals surface area (Å²) in [6.07, 6.45) is 0. The first-order valence-corrected chi connectivity index (χ1v) is 11.0. The van der Waals surface area contributed by atoms with Crippen molar-refractivity contribution in [1.29, 1.82) is 0 Å². The van der Waals surface area contributed by atoms with Gasteiger partial charge in [-0.05, 0) is 60.4 Å². The summed E-state index contributed by atoms with van der Waals surface area (Å²) in [5.74, 6) is 0.731. The summed E-state index contributed by atoms with van der Waals surface area (Å²) >= 11 is 1.40. The maximum atomic E-state index is 13.5. The molecule has 3 aromatic rings. The Labute approximate surface area is 186 Å². The van der Waals surface area contributed by atoms with Crippen LogP contribution in [0.2, 0.25) is 0 Å². The second kappa shape index (κ2) is 8.82. The molecule has 4 rings (SSSR count). The third-order valence-corrected chi connectivity index (χ3v) is 6.54. The van der Waals surface area contributed by atoms with E-state index >= 15 is 0 Å². The van der Waals surface area contributed by atoms with E-state index in [0.717, 1.165) is 16.7 Å². The predicted molar refractivity (Wildman–Crippen MR) is 126 cm³/mol. The number of benzene rings is 3. The van der Waals surface area contributed by atoms with Gasteiger partial charge >= 0.3 is 0 Å². The molecule has 0 atom stereocenters. The van der Waals surface area contributed by atoms with Crippen molar-refractivity contribution in [3.8, 4) is 5.75 Å². The second-order valence-corrected chi connectivity index (χ2v) is 8.41. The highest BCUT2D eigenvalue weighted by Crippen LogP contribution is 2.40. The lowest BCUT2D eigenvalue weighted by Crippen LogP contribution is -2.31. The number of ether oxygens (including phenoxy) is 1. The molecule has 0 bridgehead atoms. The molecule has 4 nitrogen and oxygen atoms in total. The lowest BCUT2D eigenvalue weighted by atomic mass is 10.1. The fourth-order valence-corrected chi connectivity index (χ4v) is 4.55. The van der Waals surface area contributed by atoms with Crippen LogP contribution in [0, 0.1) is 13.8 Å². The Hall–Kier alpha value is -3.31. The van der Waals surface area contributed by atoms with Gasteiger partial charge < -0.3 is 4.74 Å². The van der Waals surface area contributed by atoms with E-state index < -0.39 is 0 Å². The highest BCUT2D eigenvalue weighted by atomic mass is 32.2. The average molecular weight is 430 g/mol. The maximum absolute atomic E-state index is 13.5. The lowest BCUT2D eigenvalue weighted by molar-refractivity contribution is -0.119. The van der Waals surface area contributed by atoms with Gasteiger partial charge in [-0.2, -0.15) is 0 Å². The number of rotatable bonds is 6. The summed E-state index contributed by atoms with van der Waals surface area (Å²) in [5.41, 5.74) is 4.99. The molecule has 156 valence electrons. The zero-order valence-corrected chi connectivity index (χ0v) is 18.5. The number of hydrogen-bond donors (Lipinski definition) is 0. The van der Waals surface area contributed by atoms with Crippen molar-refractivity contribution in [3.63, 3.8) is 0 Å². The zero-order chi connectivity index (χ0) is 22.0. The van der Waals surface area contributed by atoms with Crippen molar-refractivity contribution in [2.45, 2.75) is 19.6 Å². The van der Waals surface area contributed by atoms with Gasteiger partial charge in [0.2, 0.25) is 0 Å². The molecule has 0 fully saturated rings. The molecule has 0 radical (unpaired) electrons. The number of carbonyl (C=O) groups is 2. The Kier molecular flexibility index (Phi) is 5.96. The summed E-state index contributed by atoms with van der Waals surface area (Å²) in [6.45, 7) is 3.99. The molecule has 0 unspecified atom stereocenters. The third kappa shape index (κ3) is 4.14. The minimum atomic E-state index is -0.297. The zero-order valence-electron chi connectivity index (χ0n) is 17.7. The van der Waals surface area contributed by atoms with E-state index in [-0.39, 0.29) is 11.8 Å². The standard InChI is InChI=1S/C26H23NO3S/c1-17-9-12-21(15-18(17)2)27-25(28)23(20-10-13-22(30-3)14-11-20)24(26(27)29)31-16-19-7-5-4-6-8-19/h4-15H,16H2,1-3H3.